The Morgan fingerprint density at radius 3 is 2.05 bits per heavy atom. The Kier molecular flexibility index (Phi) is 6.07. The van der Waals surface area contributed by atoms with Crippen LogP contribution in [-0.4, -0.2) is 111 Å². The monoisotopic (exact) mass is 326 g/mol. The highest BCUT2D eigenvalue weighted by molar-refractivity contribution is 4.92. The van der Waals surface area contributed by atoms with Crippen molar-refractivity contribution in [3.05, 3.63) is 0 Å². The van der Waals surface area contributed by atoms with E-state index in [2.05, 4.69) is 0 Å². The Bertz CT molecular complexity index is 353. The third-order valence-corrected chi connectivity index (χ3v) is 3.90. The number of ether oxygens (including phenoxy) is 3. The Hall–Kier alpha value is -0.400. The number of aliphatic hydroxyl groups excluding tert-OH is 7. The van der Waals surface area contributed by atoms with Gasteiger partial charge in [0.15, 0.2) is 6.29 Å². The molecule has 0 spiro atoms. The fourth-order valence-corrected chi connectivity index (χ4v) is 2.52. The normalized spacial score (nSPS) is 50.0. The molecule has 2 fully saturated rings. The van der Waals surface area contributed by atoms with Crippen molar-refractivity contribution < 1.29 is 50.0 Å². The van der Waals surface area contributed by atoms with E-state index in [1.807, 2.05) is 0 Å². The summed E-state index contributed by atoms with van der Waals surface area (Å²) in [7, 11) is 0. The molecule has 0 radical (unpaired) electrons. The van der Waals surface area contributed by atoms with Gasteiger partial charge in [0, 0.05) is 0 Å². The van der Waals surface area contributed by atoms with Crippen LogP contribution in [0.15, 0.2) is 0 Å². The molecule has 0 amide bonds. The molecule has 2 saturated heterocycles. The van der Waals surface area contributed by atoms with Crippen molar-refractivity contribution in [1.82, 2.24) is 0 Å². The van der Waals surface area contributed by atoms with Crippen LogP contribution in [0.1, 0.15) is 0 Å². The second-order valence-electron chi connectivity index (χ2n) is 5.41. The molecule has 2 rings (SSSR count). The maximum atomic E-state index is 9.99. The minimum absolute atomic E-state index is 0.204. The van der Waals surface area contributed by atoms with Gasteiger partial charge in [0.2, 0.25) is 0 Å². The van der Waals surface area contributed by atoms with Crippen LogP contribution in [0.25, 0.3) is 0 Å². The topological polar surface area (TPSA) is 169 Å². The van der Waals surface area contributed by atoms with Gasteiger partial charge in [-0.25, -0.2) is 0 Å². The van der Waals surface area contributed by atoms with Crippen molar-refractivity contribution in [3.63, 3.8) is 0 Å². The largest absolute Gasteiger partial charge is 0.394 e. The first-order valence-corrected chi connectivity index (χ1v) is 6.95. The number of rotatable bonds is 4. The van der Waals surface area contributed by atoms with Gasteiger partial charge in [-0.2, -0.15) is 0 Å². The molecule has 10 heteroatoms. The molecule has 0 aromatic heterocycles. The highest BCUT2D eigenvalue weighted by atomic mass is 16.7. The molecule has 9 atom stereocenters. The van der Waals surface area contributed by atoms with Crippen LogP contribution in [-0.2, 0) is 14.2 Å². The lowest BCUT2D eigenvalue weighted by molar-refractivity contribution is -0.335. The number of aliphatic hydroxyl groups is 7. The van der Waals surface area contributed by atoms with E-state index in [0.717, 1.165) is 0 Å². The lowest BCUT2D eigenvalue weighted by atomic mass is 9.97. The van der Waals surface area contributed by atoms with Crippen LogP contribution >= 0.6 is 0 Å². The van der Waals surface area contributed by atoms with Crippen molar-refractivity contribution in [2.24, 2.45) is 0 Å². The predicted molar refractivity (Wildman–Crippen MR) is 67.5 cm³/mol. The molecule has 0 aromatic carbocycles. The summed E-state index contributed by atoms with van der Waals surface area (Å²) in [5.74, 6) is 0. The lowest BCUT2D eigenvalue weighted by Crippen LogP contribution is -2.63. The molecule has 0 aromatic rings. The number of hydrogen-bond donors (Lipinski definition) is 7. The van der Waals surface area contributed by atoms with E-state index in [1.165, 1.54) is 0 Å². The highest BCUT2D eigenvalue weighted by Gasteiger charge is 2.48. The van der Waals surface area contributed by atoms with E-state index in [4.69, 9.17) is 24.4 Å². The van der Waals surface area contributed by atoms with E-state index in [0.29, 0.717) is 0 Å². The summed E-state index contributed by atoms with van der Waals surface area (Å²) in [5, 5.41) is 67.2. The van der Waals surface area contributed by atoms with Crippen LogP contribution in [0, 0.1) is 0 Å². The van der Waals surface area contributed by atoms with Crippen molar-refractivity contribution in [1.29, 1.82) is 0 Å². The molecule has 0 aliphatic carbocycles. The quantitative estimate of drug-likeness (QED) is 0.266. The molecule has 7 N–H and O–H groups in total. The summed E-state index contributed by atoms with van der Waals surface area (Å²) in [6.45, 7) is -1.32. The molecule has 22 heavy (non-hydrogen) atoms. The maximum Gasteiger partial charge on any atom is 0.187 e. The van der Waals surface area contributed by atoms with Crippen LogP contribution in [0.2, 0.25) is 0 Å². The fraction of sp³-hybridized carbons (Fsp3) is 1.00. The average molecular weight is 326 g/mol. The summed E-state index contributed by atoms with van der Waals surface area (Å²) in [6.07, 6.45) is -12.3. The SMILES string of the molecule is OC[C@H]1O[C@H](O[C@H]2[C@@H](O)[C@@H](CO)OC[C@@H]2O)[C@H](O)[C@@H](O)[C@H]1O. The van der Waals surface area contributed by atoms with Crippen LogP contribution in [0.5, 0.6) is 0 Å². The van der Waals surface area contributed by atoms with E-state index in [9.17, 15) is 25.5 Å². The van der Waals surface area contributed by atoms with Crippen LogP contribution < -0.4 is 0 Å². The summed E-state index contributed by atoms with van der Waals surface area (Å²) >= 11 is 0. The molecule has 2 aliphatic heterocycles. The third kappa shape index (κ3) is 3.41. The minimum Gasteiger partial charge on any atom is -0.394 e. The standard InChI is InChI=1S/C12H22O10/c13-1-5-8(17)11(4(15)3-20-5)22-12-10(19)9(18)7(16)6(2-14)21-12/h4-19H,1-3H2/t4-,5+,6+,7-,8-,9-,10+,11+,12+/m0/s1. The van der Waals surface area contributed by atoms with Crippen molar-refractivity contribution in [2.75, 3.05) is 19.8 Å². The van der Waals surface area contributed by atoms with Crippen LogP contribution in [0.4, 0.5) is 0 Å². The van der Waals surface area contributed by atoms with Gasteiger partial charge in [-0.15, -0.1) is 0 Å². The van der Waals surface area contributed by atoms with Gasteiger partial charge in [0.1, 0.15) is 48.8 Å². The summed E-state index contributed by atoms with van der Waals surface area (Å²) in [6, 6.07) is 0. The zero-order valence-electron chi connectivity index (χ0n) is 11.7. The Morgan fingerprint density at radius 2 is 1.45 bits per heavy atom. The van der Waals surface area contributed by atoms with Crippen LogP contribution in [0.3, 0.4) is 0 Å². The van der Waals surface area contributed by atoms with E-state index < -0.39 is 68.3 Å². The summed E-state index contributed by atoms with van der Waals surface area (Å²) < 4.78 is 15.5. The summed E-state index contributed by atoms with van der Waals surface area (Å²) in [5.41, 5.74) is 0. The molecule has 2 heterocycles. The molecule has 0 saturated carbocycles. The number of hydrogen-bond acceptors (Lipinski definition) is 10. The van der Waals surface area contributed by atoms with Gasteiger partial charge in [-0.1, -0.05) is 0 Å². The smallest absolute Gasteiger partial charge is 0.187 e. The van der Waals surface area contributed by atoms with Gasteiger partial charge in [0.25, 0.3) is 0 Å². The van der Waals surface area contributed by atoms with Gasteiger partial charge < -0.3 is 50.0 Å². The molecule has 0 bridgehead atoms. The van der Waals surface area contributed by atoms with E-state index in [-0.39, 0.29) is 6.61 Å². The highest BCUT2D eigenvalue weighted by Crippen LogP contribution is 2.26. The third-order valence-electron chi connectivity index (χ3n) is 3.90. The predicted octanol–water partition coefficient (Wildman–Crippen LogP) is -4.72. The summed E-state index contributed by atoms with van der Waals surface area (Å²) in [4.78, 5) is 0. The van der Waals surface area contributed by atoms with Gasteiger partial charge in [0.05, 0.1) is 19.8 Å². The zero-order valence-corrected chi connectivity index (χ0v) is 11.7. The first kappa shape index (κ1) is 17.9. The first-order chi connectivity index (χ1) is 10.4. The minimum atomic E-state index is -1.65. The molecule has 0 unspecified atom stereocenters. The van der Waals surface area contributed by atoms with Crippen molar-refractivity contribution in [2.45, 2.75) is 55.1 Å². The second kappa shape index (κ2) is 7.45. The second-order valence-corrected chi connectivity index (χ2v) is 5.41. The first-order valence-electron chi connectivity index (χ1n) is 6.95. The molecular weight excluding hydrogens is 304 g/mol. The van der Waals surface area contributed by atoms with E-state index in [1.54, 1.807) is 0 Å². The Morgan fingerprint density at radius 1 is 0.818 bits per heavy atom. The molecular formula is C12H22O10. The molecule has 130 valence electrons. The van der Waals surface area contributed by atoms with Gasteiger partial charge in [-0.05, 0) is 0 Å². The van der Waals surface area contributed by atoms with Crippen molar-refractivity contribution in [3.8, 4) is 0 Å². The van der Waals surface area contributed by atoms with Gasteiger partial charge >= 0.3 is 0 Å². The zero-order chi connectivity index (χ0) is 16.4. The Balaban J connectivity index is 2.07. The Labute approximate surface area is 126 Å². The fourth-order valence-electron chi connectivity index (χ4n) is 2.52. The lowest BCUT2D eigenvalue weighted by Gasteiger charge is -2.44. The maximum absolute atomic E-state index is 9.99. The van der Waals surface area contributed by atoms with Crippen molar-refractivity contribution >= 4 is 0 Å². The van der Waals surface area contributed by atoms with Gasteiger partial charge in [-0.3, -0.25) is 0 Å². The average Bonchev–Trinajstić information content (AvgIpc) is 2.51. The van der Waals surface area contributed by atoms with E-state index >= 15 is 0 Å². The molecule has 10 nitrogen and oxygen atoms in total. The molecule has 2 aliphatic rings.